The molecular weight excluding hydrogens is 274 g/mol. The molecule has 0 aliphatic carbocycles. The van der Waals surface area contributed by atoms with Crippen LogP contribution in [0.15, 0.2) is 24.8 Å². The molecule has 0 saturated carbocycles. The van der Waals surface area contributed by atoms with Crippen molar-refractivity contribution >= 4 is 11.0 Å². The molecule has 114 valence electrons. The quantitative estimate of drug-likeness (QED) is 0.732. The summed E-state index contributed by atoms with van der Waals surface area (Å²) >= 11 is 0. The minimum Gasteiger partial charge on any atom is -0.393 e. The van der Waals surface area contributed by atoms with Crippen LogP contribution in [0.1, 0.15) is 27.0 Å². The van der Waals surface area contributed by atoms with Gasteiger partial charge >= 0.3 is 0 Å². The van der Waals surface area contributed by atoms with E-state index < -0.39 is 29.6 Å². The smallest absolute Gasteiger partial charge is 0.167 e. The van der Waals surface area contributed by atoms with Crippen molar-refractivity contribution in [3.8, 4) is 0 Å². The average Bonchev–Trinajstić information content (AvgIpc) is 2.92. The lowest BCUT2D eigenvalue weighted by Crippen LogP contribution is -2.60. The zero-order chi connectivity index (χ0) is 15.5. The first-order valence-corrected chi connectivity index (χ1v) is 6.74. The number of hydrogen-bond acceptors (Lipinski definition) is 6. The maximum absolute atomic E-state index is 10.8. The Kier molecular flexibility index (Phi) is 2.90. The number of hydrogen-bond donors (Lipinski definition) is 3. The monoisotopic (exact) mass is 293 g/mol. The molecule has 2 aromatic rings. The number of aliphatic hydroxyl groups excluding tert-OH is 1. The van der Waals surface area contributed by atoms with Gasteiger partial charge in [-0.2, -0.15) is 0 Å². The number of aromatic nitrogens is 3. The van der Waals surface area contributed by atoms with Crippen molar-refractivity contribution in [3.05, 3.63) is 24.8 Å². The maximum Gasteiger partial charge on any atom is 0.167 e. The van der Waals surface area contributed by atoms with Gasteiger partial charge in [0.1, 0.15) is 28.8 Å². The molecule has 0 unspecified atom stereocenters. The summed E-state index contributed by atoms with van der Waals surface area (Å²) in [4.78, 5) is 8.13. The number of nitrogens with zero attached hydrogens (tertiary/aromatic N) is 3. The Balaban J connectivity index is 2.15. The fourth-order valence-electron chi connectivity index (χ4n) is 2.86. The van der Waals surface area contributed by atoms with Crippen LogP contribution in [0.4, 0.5) is 0 Å². The van der Waals surface area contributed by atoms with E-state index in [1.807, 2.05) is 0 Å². The van der Waals surface area contributed by atoms with Crippen LogP contribution in [-0.2, 0) is 4.74 Å². The molecular formula is C14H19N3O4. The van der Waals surface area contributed by atoms with E-state index in [-0.39, 0.29) is 0 Å². The van der Waals surface area contributed by atoms with Gasteiger partial charge in [-0.3, -0.25) is 0 Å². The van der Waals surface area contributed by atoms with Gasteiger partial charge in [0.25, 0.3) is 0 Å². The first-order valence-electron chi connectivity index (χ1n) is 6.74. The second-order valence-electron chi connectivity index (χ2n) is 6.10. The Morgan fingerprint density at radius 2 is 2.05 bits per heavy atom. The van der Waals surface area contributed by atoms with Crippen LogP contribution in [0.2, 0.25) is 0 Å². The van der Waals surface area contributed by atoms with E-state index in [2.05, 4.69) is 9.97 Å². The van der Waals surface area contributed by atoms with Crippen molar-refractivity contribution in [1.82, 2.24) is 14.5 Å². The zero-order valence-electron chi connectivity index (χ0n) is 12.2. The van der Waals surface area contributed by atoms with Gasteiger partial charge in [-0.25, -0.2) is 9.97 Å². The van der Waals surface area contributed by atoms with Crippen LogP contribution in [-0.4, -0.2) is 53.3 Å². The van der Waals surface area contributed by atoms with Crippen LogP contribution in [0.3, 0.4) is 0 Å². The Bertz CT molecular complexity index is 682. The van der Waals surface area contributed by atoms with E-state index in [9.17, 15) is 15.3 Å². The normalized spacial score (nSPS) is 40.0. The number of aliphatic hydroxyl groups is 3. The van der Waals surface area contributed by atoms with Gasteiger partial charge in [0.2, 0.25) is 0 Å². The summed E-state index contributed by atoms with van der Waals surface area (Å²) in [7, 11) is 0. The highest BCUT2D eigenvalue weighted by atomic mass is 16.6. The predicted octanol–water partition coefficient (Wildman–Crippen LogP) is 0.213. The van der Waals surface area contributed by atoms with E-state index in [0.29, 0.717) is 5.65 Å². The van der Waals surface area contributed by atoms with Crippen LogP contribution >= 0.6 is 0 Å². The summed E-state index contributed by atoms with van der Waals surface area (Å²) < 4.78 is 7.48. The summed E-state index contributed by atoms with van der Waals surface area (Å²) in [6.07, 6.45) is 3.91. The second kappa shape index (κ2) is 4.23. The fraction of sp³-hybridized carbons (Fsp3) is 0.571. The van der Waals surface area contributed by atoms with E-state index in [0.717, 1.165) is 5.39 Å². The molecule has 7 nitrogen and oxygen atoms in total. The Morgan fingerprint density at radius 3 is 2.67 bits per heavy atom. The first-order chi connectivity index (χ1) is 9.74. The molecule has 1 fully saturated rings. The van der Waals surface area contributed by atoms with Gasteiger partial charge in [-0.1, -0.05) is 0 Å². The van der Waals surface area contributed by atoms with E-state index in [1.165, 1.54) is 20.2 Å². The van der Waals surface area contributed by atoms with Gasteiger partial charge in [0.05, 0.1) is 6.61 Å². The molecule has 1 aliphatic rings. The Morgan fingerprint density at radius 1 is 1.33 bits per heavy atom. The van der Waals surface area contributed by atoms with E-state index in [1.54, 1.807) is 30.0 Å². The Hall–Kier alpha value is -1.54. The lowest BCUT2D eigenvalue weighted by molar-refractivity contribution is -0.162. The standard InChI is InChI=1S/C14H19N3O4/c1-12(7-18)14(3,20)13(2,19)11(21-12)17-5-4-9-6-15-8-16-10(9)17/h4-6,8,11,18-20H,7H2,1-3H3/t11-,12-,13+,14-/m1/s1. The summed E-state index contributed by atoms with van der Waals surface area (Å²) in [6.45, 7) is 4.11. The fourth-order valence-corrected chi connectivity index (χ4v) is 2.86. The molecule has 21 heavy (non-hydrogen) atoms. The molecule has 7 heteroatoms. The summed E-state index contributed by atoms with van der Waals surface area (Å²) in [6, 6.07) is 1.80. The molecule has 3 rings (SSSR count). The summed E-state index contributed by atoms with van der Waals surface area (Å²) in [5.41, 5.74) is -3.94. The highest BCUT2D eigenvalue weighted by Gasteiger charge is 2.67. The van der Waals surface area contributed by atoms with Crippen molar-refractivity contribution in [2.24, 2.45) is 0 Å². The van der Waals surface area contributed by atoms with E-state index in [4.69, 9.17) is 4.74 Å². The minimum absolute atomic E-state index is 0.416. The lowest BCUT2D eigenvalue weighted by Gasteiger charge is -2.39. The van der Waals surface area contributed by atoms with Crippen LogP contribution in [0.25, 0.3) is 11.0 Å². The summed E-state index contributed by atoms with van der Waals surface area (Å²) in [5.74, 6) is 0. The average molecular weight is 293 g/mol. The molecule has 0 bridgehead atoms. The molecule has 4 atom stereocenters. The third kappa shape index (κ3) is 1.69. The highest BCUT2D eigenvalue weighted by Crippen LogP contribution is 2.51. The topological polar surface area (TPSA) is 101 Å². The van der Waals surface area contributed by atoms with Crippen LogP contribution < -0.4 is 0 Å². The summed E-state index contributed by atoms with van der Waals surface area (Å²) in [5, 5.41) is 31.9. The van der Waals surface area contributed by atoms with Gasteiger partial charge in [0.15, 0.2) is 6.23 Å². The highest BCUT2D eigenvalue weighted by molar-refractivity contribution is 5.74. The lowest BCUT2D eigenvalue weighted by atomic mass is 9.76. The van der Waals surface area contributed by atoms with Gasteiger partial charge < -0.3 is 24.6 Å². The molecule has 0 radical (unpaired) electrons. The predicted molar refractivity (Wildman–Crippen MR) is 74.4 cm³/mol. The molecule has 0 amide bonds. The van der Waals surface area contributed by atoms with Crippen molar-refractivity contribution < 1.29 is 20.1 Å². The molecule has 1 saturated heterocycles. The molecule has 0 spiro atoms. The minimum atomic E-state index is -1.64. The number of rotatable bonds is 2. The SMILES string of the molecule is C[C@@]1(O)[C@@](C)(CO)O[C@@H](n2ccc3cncnc32)[C@]1(C)O. The largest absolute Gasteiger partial charge is 0.393 e. The molecule has 3 heterocycles. The van der Waals surface area contributed by atoms with Crippen LogP contribution in [0.5, 0.6) is 0 Å². The second-order valence-corrected chi connectivity index (χ2v) is 6.10. The van der Waals surface area contributed by atoms with Crippen molar-refractivity contribution in [2.75, 3.05) is 6.61 Å². The van der Waals surface area contributed by atoms with Gasteiger partial charge in [0, 0.05) is 17.8 Å². The maximum atomic E-state index is 10.8. The van der Waals surface area contributed by atoms with Crippen molar-refractivity contribution in [1.29, 1.82) is 0 Å². The molecule has 3 N–H and O–H groups in total. The van der Waals surface area contributed by atoms with Crippen LogP contribution in [0, 0.1) is 0 Å². The zero-order valence-corrected chi connectivity index (χ0v) is 12.2. The third-order valence-electron chi connectivity index (χ3n) is 4.80. The molecule has 1 aliphatic heterocycles. The molecule has 0 aromatic carbocycles. The van der Waals surface area contributed by atoms with Crippen molar-refractivity contribution in [2.45, 2.75) is 43.8 Å². The third-order valence-corrected chi connectivity index (χ3v) is 4.80. The van der Waals surface area contributed by atoms with Gasteiger partial charge in [-0.15, -0.1) is 0 Å². The van der Waals surface area contributed by atoms with Gasteiger partial charge in [-0.05, 0) is 26.8 Å². The molecule has 2 aromatic heterocycles. The number of fused-ring (bicyclic) bond motifs is 1. The first kappa shape index (κ1) is 14.4. The Labute approximate surface area is 121 Å². The van der Waals surface area contributed by atoms with Crippen molar-refractivity contribution in [3.63, 3.8) is 0 Å². The number of ether oxygens (including phenoxy) is 1. The van der Waals surface area contributed by atoms with E-state index >= 15 is 0 Å².